The molecule has 5 nitrogen and oxygen atoms in total. The Hall–Kier alpha value is -1.92. The maximum atomic E-state index is 13.3. The van der Waals surface area contributed by atoms with Crippen molar-refractivity contribution >= 4 is 11.6 Å². The number of pyridine rings is 1. The molecule has 0 N–H and O–H groups in total. The van der Waals surface area contributed by atoms with E-state index in [1.165, 1.54) is 0 Å². The molecule has 2 fully saturated rings. The summed E-state index contributed by atoms with van der Waals surface area (Å²) < 4.78 is 32.3. The number of hydrogen-bond acceptors (Lipinski definition) is 4. The third-order valence-electron chi connectivity index (χ3n) is 4.74. The summed E-state index contributed by atoms with van der Waals surface area (Å²) in [6.07, 6.45) is 2.23. The normalized spacial score (nSPS) is 18.8. The van der Waals surface area contributed by atoms with Gasteiger partial charge in [0.05, 0.1) is 19.7 Å². The molecular formula is C19H27F2N3O2. The highest BCUT2D eigenvalue weighted by Gasteiger charge is 2.45. The van der Waals surface area contributed by atoms with Gasteiger partial charge in [0.2, 0.25) is 5.88 Å². The van der Waals surface area contributed by atoms with Crippen molar-refractivity contribution in [2.24, 2.45) is 5.92 Å². The second kappa shape index (κ2) is 7.00. The van der Waals surface area contributed by atoms with Crippen molar-refractivity contribution in [2.75, 3.05) is 24.6 Å². The van der Waals surface area contributed by atoms with Gasteiger partial charge < -0.3 is 14.5 Å². The Morgan fingerprint density at radius 3 is 2.38 bits per heavy atom. The van der Waals surface area contributed by atoms with E-state index in [0.29, 0.717) is 18.2 Å². The Kier molecular flexibility index (Phi) is 5.08. The maximum absolute atomic E-state index is 13.3. The minimum Gasteiger partial charge on any atom is -0.476 e. The monoisotopic (exact) mass is 367 g/mol. The van der Waals surface area contributed by atoms with Crippen LogP contribution >= 0.6 is 0 Å². The Bertz CT molecular complexity index is 659. The first-order valence-electron chi connectivity index (χ1n) is 9.27. The fourth-order valence-electron chi connectivity index (χ4n) is 3.26. The molecule has 0 atom stereocenters. The molecule has 0 aromatic carbocycles. The van der Waals surface area contributed by atoms with E-state index < -0.39 is 5.92 Å². The molecule has 1 amide bonds. The van der Waals surface area contributed by atoms with Gasteiger partial charge in [0.15, 0.2) is 0 Å². The van der Waals surface area contributed by atoms with Crippen LogP contribution < -0.4 is 9.64 Å². The molecular weight excluding hydrogens is 340 g/mol. The molecule has 1 aliphatic carbocycles. The lowest BCUT2D eigenvalue weighted by Gasteiger charge is -2.40. The number of aromatic nitrogens is 1. The minimum atomic E-state index is -2.67. The number of rotatable bonds is 7. The topological polar surface area (TPSA) is 45.7 Å². The van der Waals surface area contributed by atoms with E-state index in [-0.39, 0.29) is 42.7 Å². The summed E-state index contributed by atoms with van der Waals surface area (Å²) in [5.41, 5.74) is 0.822. The van der Waals surface area contributed by atoms with Crippen molar-refractivity contribution in [1.82, 2.24) is 9.88 Å². The maximum Gasteiger partial charge on any atom is 0.282 e. The Morgan fingerprint density at radius 2 is 1.88 bits per heavy atom. The van der Waals surface area contributed by atoms with Gasteiger partial charge in [-0.15, -0.1) is 0 Å². The molecule has 0 bridgehead atoms. The summed E-state index contributed by atoms with van der Waals surface area (Å²) in [7, 11) is 0. The number of hydrogen-bond donors (Lipinski definition) is 0. The van der Waals surface area contributed by atoms with Crippen LogP contribution in [0.4, 0.5) is 14.5 Å². The number of carbonyl (C=O) groups is 1. The highest BCUT2D eigenvalue weighted by molar-refractivity contribution is 5.93. The van der Waals surface area contributed by atoms with Gasteiger partial charge in [-0.3, -0.25) is 4.79 Å². The SMILES string of the molecule is CC(C)N(C(=O)c1ccc(N2CC(F)(F)C2)c(OCC2CC2)n1)C(C)C. The quantitative estimate of drug-likeness (QED) is 0.739. The molecule has 144 valence electrons. The highest BCUT2D eigenvalue weighted by Crippen LogP contribution is 2.38. The Morgan fingerprint density at radius 1 is 1.27 bits per heavy atom. The summed E-state index contributed by atoms with van der Waals surface area (Å²) in [5.74, 6) is -2.06. The van der Waals surface area contributed by atoms with Crippen LogP contribution in [-0.2, 0) is 0 Å². The zero-order valence-electron chi connectivity index (χ0n) is 15.8. The molecule has 0 spiro atoms. The summed E-state index contributed by atoms with van der Waals surface area (Å²) >= 11 is 0. The first kappa shape index (κ1) is 18.9. The van der Waals surface area contributed by atoms with Crippen molar-refractivity contribution in [2.45, 2.75) is 58.5 Å². The van der Waals surface area contributed by atoms with E-state index in [2.05, 4.69) is 4.98 Å². The van der Waals surface area contributed by atoms with E-state index in [0.717, 1.165) is 12.8 Å². The number of anilines is 1. The molecule has 26 heavy (non-hydrogen) atoms. The summed E-state index contributed by atoms with van der Waals surface area (Å²) in [6, 6.07) is 3.36. The van der Waals surface area contributed by atoms with Gasteiger partial charge >= 0.3 is 0 Å². The average molecular weight is 367 g/mol. The third-order valence-corrected chi connectivity index (χ3v) is 4.74. The van der Waals surface area contributed by atoms with Crippen LogP contribution in [0.15, 0.2) is 12.1 Å². The van der Waals surface area contributed by atoms with Gasteiger partial charge in [0.1, 0.15) is 11.4 Å². The Balaban J connectivity index is 1.84. The van der Waals surface area contributed by atoms with E-state index in [1.807, 2.05) is 27.7 Å². The van der Waals surface area contributed by atoms with Crippen LogP contribution in [-0.4, -0.2) is 53.5 Å². The molecule has 2 aliphatic rings. The standard InChI is InChI=1S/C19H27F2N3O2/c1-12(2)24(13(3)4)18(25)15-7-8-16(23-10-19(20,21)11-23)17(22-15)26-9-14-5-6-14/h7-8,12-14H,5-6,9-11H2,1-4H3. The van der Waals surface area contributed by atoms with Gasteiger partial charge in [0.25, 0.3) is 11.8 Å². The molecule has 2 heterocycles. The van der Waals surface area contributed by atoms with E-state index in [4.69, 9.17) is 4.74 Å². The molecule has 0 unspecified atom stereocenters. The molecule has 1 aliphatic heterocycles. The van der Waals surface area contributed by atoms with E-state index in [1.54, 1.807) is 21.9 Å². The van der Waals surface area contributed by atoms with E-state index in [9.17, 15) is 13.6 Å². The summed E-state index contributed by atoms with van der Waals surface area (Å²) in [5, 5.41) is 0. The zero-order valence-corrected chi connectivity index (χ0v) is 15.8. The molecule has 3 rings (SSSR count). The summed E-state index contributed by atoms with van der Waals surface area (Å²) in [6.45, 7) is 7.66. The molecule has 1 aromatic rings. The number of carbonyl (C=O) groups excluding carboxylic acids is 1. The number of halogens is 2. The van der Waals surface area contributed by atoms with Crippen molar-refractivity contribution in [3.63, 3.8) is 0 Å². The van der Waals surface area contributed by atoms with Crippen molar-refractivity contribution in [3.8, 4) is 5.88 Å². The highest BCUT2D eigenvalue weighted by atomic mass is 19.3. The number of ether oxygens (including phenoxy) is 1. The zero-order chi connectivity index (χ0) is 19.1. The molecule has 0 radical (unpaired) electrons. The van der Waals surface area contributed by atoms with Crippen LogP contribution in [0.1, 0.15) is 51.0 Å². The lowest BCUT2D eigenvalue weighted by atomic mass is 10.1. The average Bonchev–Trinajstić information content (AvgIpc) is 3.33. The fraction of sp³-hybridized carbons (Fsp3) is 0.684. The van der Waals surface area contributed by atoms with Crippen molar-refractivity contribution in [1.29, 1.82) is 0 Å². The molecule has 1 saturated carbocycles. The van der Waals surface area contributed by atoms with Gasteiger partial charge in [0, 0.05) is 12.1 Å². The minimum absolute atomic E-state index is 0.0360. The van der Waals surface area contributed by atoms with Crippen LogP contribution in [0, 0.1) is 5.92 Å². The largest absolute Gasteiger partial charge is 0.476 e. The smallest absolute Gasteiger partial charge is 0.282 e. The second-order valence-electron chi connectivity index (χ2n) is 7.89. The van der Waals surface area contributed by atoms with Gasteiger partial charge in [-0.05, 0) is 58.6 Å². The lowest BCUT2D eigenvalue weighted by molar-refractivity contribution is -0.0265. The Labute approximate surface area is 153 Å². The molecule has 1 saturated heterocycles. The summed E-state index contributed by atoms with van der Waals surface area (Å²) in [4.78, 5) is 20.6. The van der Waals surface area contributed by atoms with Crippen molar-refractivity contribution < 1.29 is 18.3 Å². The number of nitrogens with zero attached hydrogens (tertiary/aromatic N) is 3. The lowest BCUT2D eigenvalue weighted by Crippen LogP contribution is -2.56. The predicted molar refractivity (Wildman–Crippen MR) is 96.1 cm³/mol. The van der Waals surface area contributed by atoms with Crippen molar-refractivity contribution in [3.05, 3.63) is 17.8 Å². The van der Waals surface area contributed by atoms with Crippen LogP contribution in [0.25, 0.3) is 0 Å². The predicted octanol–water partition coefficient (Wildman–Crippen LogP) is 3.58. The van der Waals surface area contributed by atoms with Gasteiger partial charge in [-0.25, -0.2) is 13.8 Å². The van der Waals surface area contributed by atoms with Crippen LogP contribution in [0.2, 0.25) is 0 Å². The molecule has 1 aromatic heterocycles. The van der Waals surface area contributed by atoms with E-state index >= 15 is 0 Å². The first-order chi connectivity index (χ1) is 12.2. The second-order valence-corrected chi connectivity index (χ2v) is 7.89. The van der Waals surface area contributed by atoms with Gasteiger partial charge in [-0.1, -0.05) is 0 Å². The van der Waals surface area contributed by atoms with Crippen LogP contribution in [0.5, 0.6) is 5.88 Å². The van der Waals surface area contributed by atoms with Gasteiger partial charge in [-0.2, -0.15) is 0 Å². The number of alkyl halides is 2. The fourth-order valence-corrected chi connectivity index (χ4v) is 3.26. The van der Waals surface area contributed by atoms with Crippen LogP contribution in [0.3, 0.4) is 0 Å². The first-order valence-corrected chi connectivity index (χ1v) is 9.27. The third kappa shape index (κ3) is 4.07. The molecule has 7 heteroatoms. The number of amides is 1.